The van der Waals surface area contributed by atoms with E-state index in [0.717, 1.165) is 37.2 Å². The first kappa shape index (κ1) is 14.3. The number of likely N-dealkylation sites (tertiary alicyclic amines) is 1. The smallest absolute Gasteiger partial charge is 0.337 e. The number of aromatic nitrogens is 2. The predicted octanol–water partition coefficient (Wildman–Crippen LogP) is 2.78. The third-order valence-electron chi connectivity index (χ3n) is 3.45. The number of piperidine rings is 1. The number of thiophene rings is 1. The average molecular weight is 324 g/mol. The number of amides is 1. The number of nitrogens with zero attached hydrogens (tertiary/aromatic N) is 2. The number of H-pyrrole nitrogens is 1. The number of rotatable bonds is 2. The molecule has 0 spiro atoms. The van der Waals surface area contributed by atoms with Crippen molar-refractivity contribution in [3.05, 3.63) is 38.7 Å². The molecule has 0 unspecified atom stereocenters. The molecule has 7 heteroatoms. The standard InChI is InChI=1S/C14H14ClN3O2S/c15-12-5-4-11(21-12)9-8-10(17-14(20)16-9)13(19)18-6-2-1-3-7-18/h4-5,8H,1-3,6-7H2,(H,16,17,20). The summed E-state index contributed by atoms with van der Waals surface area (Å²) in [5.74, 6) is -0.176. The maximum absolute atomic E-state index is 12.4. The summed E-state index contributed by atoms with van der Waals surface area (Å²) in [6.07, 6.45) is 3.15. The van der Waals surface area contributed by atoms with Gasteiger partial charge in [-0.1, -0.05) is 11.6 Å². The summed E-state index contributed by atoms with van der Waals surface area (Å²) < 4.78 is 0.631. The largest absolute Gasteiger partial charge is 0.346 e. The lowest BCUT2D eigenvalue weighted by Crippen LogP contribution is -2.37. The molecular formula is C14H14ClN3O2S. The number of aromatic amines is 1. The molecule has 1 N–H and O–H groups in total. The second-order valence-electron chi connectivity index (χ2n) is 4.94. The van der Waals surface area contributed by atoms with Gasteiger partial charge in [0.05, 0.1) is 14.9 Å². The Morgan fingerprint density at radius 2 is 2.05 bits per heavy atom. The van der Waals surface area contributed by atoms with Crippen LogP contribution in [0.1, 0.15) is 29.8 Å². The molecule has 1 amide bonds. The van der Waals surface area contributed by atoms with Gasteiger partial charge in [-0.15, -0.1) is 11.3 Å². The maximum atomic E-state index is 12.4. The molecule has 21 heavy (non-hydrogen) atoms. The molecular weight excluding hydrogens is 310 g/mol. The second kappa shape index (κ2) is 5.99. The molecule has 1 saturated heterocycles. The Bertz CT molecular complexity index is 719. The van der Waals surface area contributed by atoms with E-state index in [9.17, 15) is 9.59 Å². The Morgan fingerprint density at radius 3 is 2.71 bits per heavy atom. The Hall–Kier alpha value is -1.66. The van der Waals surface area contributed by atoms with Gasteiger partial charge >= 0.3 is 5.69 Å². The Morgan fingerprint density at radius 1 is 1.29 bits per heavy atom. The molecule has 2 aromatic heterocycles. The van der Waals surface area contributed by atoms with E-state index in [2.05, 4.69) is 9.97 Å². The number of nitrogens with one attached hydrogen (secondary N) is 1. The van der Waals surface area contributed by atoms with Gasteiger partial charge in [-0.25, -0.2) is 4.79 Å². The van der Waals surface area contributed by atoms with Gasteiger partial charge in [0, 0.05) is 13.1 Å². The molecule has 0 saturated carbocycles. The first-order valence-corrected chi connectivity index (χ1v) is 7.99. The van der Waals surface area contributed by atoms with E-state index >= 15 is 0 Å². The molecule has 0 aromatic carbocycles. The fraction of sp³-hybridized carbons (Fsp3) is 0.357. The fourth-order valence-electron chi connectivity index (χ4n) is 2.42. The average Bonchev–Trinajstić information content (AvgIpc) is 2.93. The van der Waals surface area contributed by atoms with Crippen LogP contribution in [-0.2, 0) is 0 Å². The summed E-state index contributed by atoms with van der Waals surface area (Å²) in [6.45, 7) is 1.46. The van der Waals surface area contributed by atoms with E-state index in [1.807, 2.05) is 6.07 Å². The number of halogens is 1. The second-order valence-corrected chi connectivity index (χ2v) is 6.66. The molecule has 0 radical (unpaired) electrons. The summed E-state index contributed by atoms with van der Waals surface area (Å²) in [4.78, 5) is 33.2. The van der Waals surface area contributed by atoms with Gasteiger partial charge in [0.1, 0.15) is 5.69 Å². The molecule has 3 rings (SSSR count). The van der Waals surface area contributed by atoms with Gasteiger partial charge in [-0.2, -0.15) is 4.98 Å². The van der Waals surface area contributed by atoms with Crippen molar-refractivity contribution < 1.29 is 4.79 Å². The fourth-order valence-corrected chi connectivity index (χ4v) is 3.43. The summed E-state index contributed by atoms with van der Waals surface area (Å²) >= 11 is 7.26. The van der Waals surface area contributed by atoms with Gasteiger partial charge in [-0.05, 0) is 37.5 Å². The van der Waals surface area contributed by atoms with E-state index in [4.69, 9.17) is 11.6 Å². The minimum absolute atomic E-state index is 0.176. The molecule has 3 heterocycles. The van der Waals surface area contributed by atoms with Crippen molar-refractivity contribution in [2.45, 2.75) is 19.3 Å². The van der Waals surface area contributed by atoms with Crippen molar-refractivity contribution >= 4 is 28.8 Å². The van der Waals surface area contributed by atoms with Crippen molar-refractivity contribution in [2.24, 2.45) is 0 Å². The SMILES string of the molecule is O=C(c1cc(-c2ccc(Cl)s2)[nH]c(=O)n1)N1CCCCC1. The maximum Gasteiger partial charge on any atom is 0.346 e. The van der Waals surface area contributed by atoms with Crippen LogP contribution in [0, 0.1) is 0 Å². The van der Waals surface area contributed by atoms with Gasteiger partial charge < -0.3 is 9.88 Å². The van der Waals surface area contributed by atoms with Crippen LogP contribution in [0.15, 0.2) is 23.0 Å². The summed E-state index contributed by atoms with van der Waals surface area (Å²) in [7, 11) is 0. The molecule has 1 aliphatic rings. The van der Waals surface area contributed by atoms with Crippen LogP contribution in [0.3, 0.4) is 0 Å². The van der Waals surface area contributed by atoms with E-state index in [-0.39, 0.29) is 11.6 Å². The monoisotopic (exact) mass is 323 g/mol. The van der Waals surface area contributed by atoms with Crippen molar-refractivity contribution in [3.63, 3.8) is 0 Å². The lowest BCUT2D eigenvalue weighted by atomic mass is 10.1. The first-order valence-electron chi connectivity index (χ1n) is 6.80. The molecule has 2 aromatic rings. The van der Waals surface area contributed by atoms with Crippen LogP contribution in [0.2, 0.25) is 4.34 Å². The minimum atomic E-state index is -0.516. The third-order valence-corrected chi connectivity index (χ3v) is 4.71. The van der Waals surface area contributed by atoms with Crippen molar-refractivity contribution in [1.82, 2.24) is 14.9 Å². The summed E-state index contributed by atoms with van der Waals surface area (Å²) in [6, 6.07) is 5.19. The highest BCUT2D eigenvalue weighted by atomic mass is 35.5. The number of hydrogen-bond donors (Lipinski definition) is 1. The Labute approximate surface area is 130 Å². The van der Waals surface area contributed by atoms with E-state index in [1.165, 1.54) is 11.3 Å². The van der Waals surface area contributed by atoms with Crippen molar-refractivity contribution in [1.29, 1.82) is 0 Å². The highest BCUT2D eigenvalue weighted by Gasteiger charge is 2.20. The molecule has 0 aliphatic carbocycles. The van der Waals surface area contributed by atoms with Crippen molar-refractivity contribution in [2.75, 3.05) is 13.1 Å². The van der Waals surface area contributed by atoms with Gasteiger partial charge in [0.25, 0.3) is 5.91 Å². The zero-order chi connectivity index (χ0) is 14.8. The van der Waals surface area contributed by atoms with Crippen LogP contribution in [0.5, 0.6) is 0 Å². The molecule has 0 atom stereocenters. The highest BCUT2D eigenvalue weighted by molar-refractivity contribution is 7.19. The van der Waals surface area contributed by atoms with Crippen LogP contribution < -0.4 is 5.69 Å². The molecule has 110 valence electrons. The lowest BCUT2D eigenvalue weighted by molar-refractivity contribution is 0.0718. The molecule has 1 fully saturated rings. The van der Waals surface area contributed by atoms with Crippen LogP contribution >= 0.6 is 22.9 Å². The zero-order valence-corrected chi connectivity index (χ0v) is 12.8. The number of carbonyl (C=O) groups is 1. The normalized spacial score (nSPS) is 15.2. The van der Waals surface area contributed by atoms with Gasteiger partial charge in [0.2, 0.25) is 0 Å². The van der Waals surface area contributed by atoms with Gasteiger partial charge in [0.15, 0.2) is 0 Å². The quantitative estimate of drug-likeness (QED) is 0.924. The van der Waals surface area contributed by atoms with E-state index in [1.54, 1.807) is 17.0 Å². The van der Waals surface area contributed by atoms with Crippen molar-refractivity contribution in [3.8, 4) is 10.6 Å². The Kier molecular flexibility index (Phi) is 4.07. The molecule has 5 nitrogen and oxygen atoms in total. The van der Waals surface area contributed by atoms with Gasteiger partial charge in [-0.3, -0.25) is 4.79 Å². The zero-order valence-electron chi connectivity index (χ0n) is 11.3. The van der Waals surface area contributed by atoms with Crippen LogP contribution in [0.25, 0.3) is 10.6 Å². The predicted molar refractivity (Wildman–Crippen MR) is 82.9 cm³/mol. The molecule has 1 aliphatic heterocycles. The summed E-state index contributed by atoms with van der Waals surface area (Å²) in [5.41, 5.74) is 0.254. The third kappa shape index (κ3) is 3.16. The van der Waals surface area contributed by atoms with E-state index in [0.29, 0.717) is 10.0 Å². The number of hydrogen-bond acceptors (Lipinski definition) is 4. The number of carbonyl (C=O) groups excluding carboxylic acids is 1. The van der Waals surface area contributed by atoms with E-state index < -0.39 is 5.69 Å². The Balaban J connectivity index is 1.94. The minimum Gasteiger partial charge on any atom is -0.337 e. The lowest BCUT2D eigenvalue weighted by Gasteiger charge is -2.26. The molecule has 0 bridgehead atoms. The van der Waals surface area contributed by atoms with Crippen LogP contribution in [0.4, 0.5) is 0 Å². The highest BCUT2D eigenvalue weighted by Crippen LogP contribution is 2.29. The first-order chi connectivity index (χ1) is 10.1. The topological polar surface area (TPSA) is 66.1 Å². The van der Waals surface area contributed by atoms with Crippen LogP contribution in [-0.4, -0.2) is 33.9 Å². The summed E-state index contributed by atoms with van der Waals surface area (Å²) in [5, 5.41) is 0.